The Morgan fingerprint density at radius 2 is 1.87 bits per heavy atom. The fourth-order valence-electron chi connectivity index (χ4n) is 3.90. The Kier molecular flexibility index (Phi) is 6.61. The molecule has 1 aliphatic heterocycles. The summed E-state index contributed by atoms with van der Waals surface area (Å²) in [4.78, 5) is 35.1. The summed E-state index contributed by atoms with van der Waals surface area (Å²) in [5, 5.41) is 3.24. The Hall–Kier alpha value is -2.80. The van der Waals surface area contributed by atoms with Gasteiger partial charge in [0.15, 0.2) is 0 Å². The molecular weight excluding hydrogens is 408 g/mol. The van der Waals surface area contributed by atoms with E-state index in [1.54, 1.807) is 11.8 Å². The van der Waals surface area contributed by atoms with Crippen molar-refractivity contribution in [3.8, 4) is 0 Å². The second-order valence-electron chi connectivity index (χ2n) is 8.04. The number of nitrogens with zero attached hydrogens (tertiary/aromatic N) is 2. The number of H-pyrrole nitrogens is 1. The number of aromatic nitrogens is 2. The minimum absolute atomic E-state index is 0.0295. The predicted octanol–water partition coefficient (Wildman–Crippen LogP) is 4.09. The smallest absolute Gasteiger partial charge is 0.251 e. The highest BCUT2D eigenvalue weighted by Gasteiger charge is 2.25. The largest absolute Gasteiger partial charge is 0.349 e. The molecule has 4 rings (SSSR count). The molecule has 7 heteroatoms. The number of imidazole rings is 1. The number of benzene rings is 2. The molecule has 2 N–H and O–H groups in total. The highest BCUT2D eigenvalue weighted by atomic mass is 32.2. The maximum absolute atomic E-state index is 12.7. The van der Waals surface area contributed by atoms with Crippen LogP contribution in [0.15, 0.2) is 48.5 Å². The molecule has 0 radical (unpaired) electrons. The molecule has 162 valence electrons. The SMILES string of the molecule is Cc1ccccc1C(=O)NC1CCN(C(=O)CSC(C)c2nc3ccccc3[nH]2)CC1. The lowest BCUT2D eigenvalue weighted by atomic mass is 10.0. The van der Waals surface area contributed by atoms with Crippen molar-refractivity contribution in [1.82, 2.24) is 20.2 Å². The monoisotopic (exact) mass is 436 g/mol. The summed E-state index contributed by atoms with van der Waals surface area (Å²) >= 11 is 1.60. The lowest BCUT2D eigenvalue weighted by molar-refractivity contribution is -0.129. The van der Waals surface area contributed by atoms with E-state index in [0.29, 0.717) is 18.8 Å². The summed E-state index contributed by atoms with van der Waals surface area (Å²) in [5.74, 6) is 1.45. The van der Waals surface area contributed by atoms with Crippen LogP contribution in [0.1, 0.15) is 46.8 Å². The van der Waals surface area contributed by atoms with E-state index in [1.165, 1.54) is 0 Å². The Morgan fingerprint density at radius 1 is 1.16 bits per heavy atom. The van der Waals surface area contributed by atoms with Gasteiger partial charge in [0.2, 0.25) is 5.91 Å². The molecule has 3 aromatic rings. The maximum atomic E-state index is 12.7. The number of piperidine rings is 1. The lowest BCUT2D eigenvalue weighted by Gasteiger charge is -2.32. The van der Waals surface area contributed by atoms with Crippen LogP contribution < -0.4 is 5.32 Å². The van der Waals surface area contributed by atoms with E-state index in [-0.39, 0.29) is 23.1 Å². The molecule has 2 heterocycles. The van der Waals surface area contributed by atoms with Crippen LogP contribution in [0.4, 0.5) is 0 Å². The molecule has 1 aliphatic rings. The maximum Gasteiger partial charge on any atom is 0.251 e. The van der Waals surface area contributed by atoms with E-state index in [4.69, 9.17) is 0 Å². The highest BCUT2D eigenvalue weighted by Crippen LogP contribution is 2.28. The first-order valence-corrected chi connectivity index (χ1v) is 11.8. The van der Waals surface area contributed by atoms with Crippen LogP contribution in [-0.4, -0.2) is 51.6 Å². The zero-order valence-electron chi connectivity index (χ0n) is 17.9. The zero-order valence-corrected chi connectivity index (χ0v) is 18.7. The van der Waals surface area contributed by atoms with Gasteiger partial charge in [0.05, 0.1) is 22.0 Å². The summed E-state index contributed by atoms with van der Waals surface area (Å²) in [5.41, 5.74) is 3.66. The number of rotatable bonds is 6. The topological polar surface area (TPSA) is 78.1 Å². The summed E-state index contributed by atoms with van der Waals surface area (Å²) in [6, 6.07) is 15.7. The van der Waals surface area contributed by atoms with Gasteiger partial charge in [-0.1, -0.05) is 30.3 Å². The molecule has 1 fully saturated rings. The number of thioether (sulfide) groups is 1. The minimum Gasteiger partial charge on any atom is -0.349 e. The molecule has 0 aliphatic carbocycles. The summed E-state index contributed by atoms with van der Waals surface area (Å²) in [6.45, 7) is 5.37. The second kappa shape index (κ2) is 9.56. The molecule has 6 nitrogen and oxygen atoms in total. The Labute approximate surface area is 186 Å². The first kappa shape index (κ1) is 21.4. The van der Waals surface area contributed by atoms with Gasteiger partial charge in [0.1, 0.15) is 5.82 Å². The first-order valence-electron chi connectivity index (χ1n) is 10.7. The molecule has 1 atom stereocenters. The Morgan fingerprint density at radius 3 is 2.61 bits per heavy atom. The third-order valence-electron chi connectivity index (χ3n) is 5.82. The van der Waals surface area contributed by atoms with E-state index < -0.39 is 0 Å². The molecule has 0 spiro atoms. The van der Waals surface area contributed by atoms with Crippen molar-refractivity contribution >= 4 is 34.6 Å². The van der Waals surface area contributed by atoms with E-state index in [9.17, 15) is 9.59 Å². The number of carbonyl (C=O) groups excluding carboxylic acids is 2. The van der Waals surface area contributed by atoms with E-state index in [1.807, 2.05) is 60.4 Å². The first-order chi connectivity index (χ1) is 15.0. The second-order valence-corrected chi connectivity index (χ2v) is 9.36. The van der Waals surface area contributed by atoms with Crippen LogP contribution in [0.25, 0.3) is 11.0 Å². The van der Waals surface area contributed by atoms with E-state index in [2.05, 4.69) is 22.2 Å². The van der Waals surface area contributed by atoms with Crippen LogP contribution in [-0.2, 0) is 4.79 Å². The minimum atomic E-state index is -0.0295. The summed E-state index contributed by atoms with van der Waals surface area (Å²) < 4.78 is 0. The molecule has 0 bridgehead atoms. The normalized spacial score (nSPS) is 15.7. The van der Waals surface area contributed by atoms with Gasteiger partial charge in [-0.2, -0.15) is 0 Å². The number of nitrogens with one attached hydrogen (secondary N) is 2. The van der Waals surface area contributed by atoms with Crippen LogP contribution in [0.2, 0.25) is 0 Å². The van der Waals surface area contributed by atoms with Crippen molar-refractivity contribution in [3.05, 3.63) is 65.5 Å². The number of aromatic amines is 1. The number of hydrogen-bond acceptors (Lipinski definition) is 4. The zero-order chi connectivity index (χ0) is 21.8. The van der Waals surface area contributed by atoms with Crippen LogP contribution in [0.3, 0.4) is 0 Å². The standard InChI is InChI=1S/C24H28N4O2S/c1-16-7-3-4-8-19(16)24(30)25-18-11-13-28(14-12-18)22(29)15-31-17(2)23-26-20-9-5-6-10-21(20)27-23/h3-10,17-18H,11-15H2,1-2H3,(H,25,30)(H,26,27). The quantitative estimate of drug-likeness (QED) is 0.610. The third kappa shape index (κ3) is 5.10. The van der Waals surface area contributed by atoms with Crippen molar-refractivity contribution in [1.29, 1.82) is 0 Å². The molecule has 2 amide bonds. The fourth-order valence-corrected chi connectivity index (χ4v) is 4.74. The van der Waals surface area contributed by atoms with Crippen molar-refractivity contribution in [2.24, 2.45) is 0 Å². The van der Waals surface area contributed by atoms with Gasteiger partial charge in [-0.25, -0.2) is 4.98 Å². The van der Waals surface area contributed by atoms with Crippen LogP contribution in [0, 0.1) is 6.92 Å². The third-order valence-corrected chi connectivity index (χ3v) is 6.96. The van der Waals surface area contributed by atoms with Crippen molar-refractivity contribution in [3.63, 3.8) is 0 Å². The average Bonchev–Trinajstić information content (AvgIpc) is 3.22. The van der Waals surface area contributed by atoms with Crippen molar-refractivity contribution in [2.75, 3.05) is 18.8 Å². The van der Waals surface area contributed by atoms with Crippen molar-refractivity contribution in [2.45, 2.75) is 38.0 Å². The molecule has 1 aromatic heterocycles. The van der Waals surface area contributed by atoms with E-state index >= 15 is 0 Å². The lowest BCUT2D eigenvalue weighted by Crippen LogP contribution is -2.47. The van der Waals surface area contributed by atoms with E-state index in [0.717, 1.165) is 40.8 Å². The Bertz CT molecular complexity index is 1040. The number of aryl methyl sites for hydroxylation is 1. The van der Waals surface area contributed by atoms with Gasteiger partial charge < -0.3 is 15.2 Å². The highest BCUT2D eigenvalue weighted by molar-refractivity contribution is 8.00. The van der Waals surface area contributed by atoms with Gasteiger partial charge in [-0.15, -0.1) is 11.8 Å². The number of amides is 2. The van der Waals surface area contributed by atoms with Crippen molar-refractivity contribution < 1.29 is 9.59 Å². The molecule has 1 unspecified atom stereocenters. The van der Waals surface area contributed by atoms with Gasteiger partial charge in [-0.3, -0.25) is 9.59 Å². The van der Waals surface area contributed by atoms with Gasteiger partial charge in [0.25, 0.3) is 5.91 Å². The molecule has 31 heavy (non-hydrogen) atoms. The van der Waals surface area contributed by atoms with Gasteiger partial charge in [0, 0.05) is 24.7 Å². The Balaban J connectivity index is 1.23. The predicted molar refractivity (Wildman–Crippen MR) is 125 cm³/mol. The van der Waals surface area contributed by atoms with Gasteiger partial charge >= 0.3 is 0 Å². The number of hydrogen-bond donors (Lipinski definition) is 2. The fraction of sp³-hybridized carbons (Fsp3) is 0.375. The number of likely N-dealkylation sites (tertiary alicyclic amines) is 1. The molecule has 0 saturated carbocycles. The van der Waals surface area contributed by atoms with Crippen LogP contribution >= 0.6 is 11.8 Å². The van der Waals surface area contributed by atoms with Gasteiger partial charge in [-0.05, 0) is 50.5 Å². The molecule has 2 aromatic carbocycles. The molecular formula is C24H28N4O2S. The number of para-hydroxylation sites is 2. The number of fused-ring (bicyclic) bond motifs is 1. The van der Waals surface area contributed by atoms with Crippen LogP contribution in [0.5, 0.6) is 0 Å². The molecule has 1 saturated heterocycles. The average molecular weight is 437 g/mol. The summed E-state index contributed by atoms with van der Waals surface area (Å²) in [7, 11) is 0. The number of carbonyl (C=O) groups is 2. The summed E-state index contributed by atoms with van der Waals surface area (Å²) in [6.07, 6.45) is 1.57.